The number of hydrogen-bond donors (Lipinski definition) is 0. The molecule has 0 saturated carbocycles. The van der Waals surface area contributed by atoms with Crippen LogP contribution in [-0.2, 0) is 0 Å². The Balaban J connectivity index is 2.46. The van der Waals surface area contributed by atoms with Crippen LogP contribution < -0.4 is 0 Å². The average Bonchev–Trinajstić information content (AvgIpc) is 2.60. The molecular formula is C11H5Br2Cl3S. The zero-order valence-corrected chi connectivity index (χ0v) is 14.4. The lowest BCUT2D eigenvalue weighted by Gasteiger charge is -2.11. The molecule has 0 bridgehead atoms. The van der Waals surface area contributed by atoms with Gasteiger partial charge in [-0.05, 0) is 29.8 Å². The molecule has 0 saturated heterocycles. The molecule has 0 aliphatic rings. The molecule has 0 spiro atoms. The summed E-state index contributed by atoms with van der Waals surface area (Å²) in [7, 11) is 0. The standard InChI is InChI=1S/C11H5Br2Cl3S/c12-5-1-2-8(13)6(3-5)10(15)7-4-9(14)17-11(7)16/h1-4,10H. The van der Waals surface area contributed by atoms with E-state index in [-0.39, 0.29) is 5.38 Å². The van der Waals surface area contributed by atoms with Crippen LogP contribution in [0, 0.1) is 0 Å². The first-order valence-electron chi connectivity index (χ1n) is 4.53. The molecule has 1 unspecified atom stereocenters. The van der Waals surface area contributed by atoms with Gasteiger partial charge in [-0.2, -0.15) is 0 Å². The van der Waals surface area contributed by atoms with Crippen LogP contribution in [0.3, 0.4) is 0 Å². The van der Waals surface area contributed by atoms with Gasteiger partial charge in [0.2, 0.25) is 0 Å². The van der Waals surface area contributed by atoms with Gasteiger partial charge < -0.3 is 0 Å². The van der Waals surface area contributed by atoms with Crippen LogP contribution in [0.4, 0.5) is 0 Å². The van der Waals surface area contributed by atoms with Gasteiger partial charge in [0.05, 0.1) is 14.0 Å². The first-order chi connectivity index (χ1) is 7.99. The van der Waals surface area contributed by atoms with Gasteiger partial charge in [0.1, 0.15) is 0 Å². The molecular weight excluding hydrogens is 430 g/mol. The van der Waals surface area contributed by atoms with E-state index >= 15 is 0 Å². The summed E-state index contributed by atoms with van der Waals surface area (Å²) in [6.45, 7) is 0. The predicted molar refractivity (Wildman–Crippen MR) is 83.9 cm³/mol. The SMILES string of the molecule is Clc1cc(C(Cl)c2cc(Br)ccc2Br)c(Cl)s1. The maximum Gasteiger partial charge on any atom is 0.0994 e. The van der Waals surface area contributed by atoms with E-state index < -0.39 is 0 Å². The summed E-state index contributed by atoms with van der Waals surface area (Å²) in [4.78, 5) is 0. The molecule has 0 radical (unpaired) electrons. The summed E-state index contributed by atoms with van der Waals surface area (Å²) in [5, 5.41) is -0.321. The lowest BCUT2D eigenvalue weighted by atomic mass is 10.1. The highest BCUT2D eigenvalue weighted by Crippen LogP contribution is 2.42. The van der Waals surface area contributed by atoms with E-state index in [1.54, 1.807) is 6.07 Å². The molecule has 2 rings (SSSR count). The summed E-state index contributed by atoms with van der Waals surface area (Å²) in [6, 6.07) is 7.65. The van der Waals surface area contributed by atoms with E-state index in [1.807, 2.05) is 18.2 Å². The molecule has 17 heavy (non-hydrogen) atoms. The topological polar surface area (TPSA) is 0 Å². The van der Waals surface area contributed by atoms with Crippen molar-refractivity contribution in [2.45, 2.75) is 5.38 Å². The van der Waals surface area contributed by atoms with Crippen molar-refractivity contribution in [3.8, 4) is 0 Å². The fourth-order valence-electron chi connectivity index (χ4n) is 1.40. The number of thiophene rings is 1. The van der Waals surface area contributed by atoms with Gasteiger partial charge in [0.25, 0.3) is 0 Å². The van der Waals surface area contributed by atoms with Gasteiger partial charge in [0.15, 0.2) is 0 Å². The van der Waals surface area contributed by atoms with Crippen LogP contribution in [-0.4, -0.2) is 0 Å². The molecule has 0 aliphatic carbocycles. The number of rotatable bonds is 2. The van der Waals surface area contributed by atoms with Crippen molar-refractivity contribution in [3.63, 3.8) is 0 Å². The highest BCUT2D eigenvalue weighted by atomic mass is 79.9. The van der Waals surface area contributed by atoms with Crippen LogP contribution in [0.1, 0.15) is 16.5 Å². The van der Waals surface area contributed by atoms with Gasteiger partial charge >= 0.3 is 0 Å². The van der Waals surface area contributed by atoms with Gasteiger partial charge in [-0.25, -0.2) is 0 Å². The third-order valence-corrected chi connectivity index (χ3v) is 5.39. The number of hydrogen-bond acceptors (Lipinski definition) is 1. The van der Waals surface area contributed by atoms with Crippen LogP contribution >= 0.6 is 78.0 Å². The zero-order chi connectivity index (χ0) is 12.6. The molecule has 0 amide bonds. The summed E-state index contributed by atoms with van der Waals surface area (Å²) in [6.07, 6.45) is 0. The summed E-state index contributed by atoms with van der Waals surface area (Å²) in [5.74, 6) is 0. The molecule has 1 heterocycles. The number of alkyl halides is 1. The zero-order valence-electron chi connectivity index (χ0n) is 8.18. The Morgan fingerprint density at radius 2 is 1.76 bits per heavy atom. The second kappa shape index (κ2) is 5.81. The minimum Gasteiger partial charge on any atom is -0.112 e. The van der Waals surface area contributed by atoms with Crippen molar-refractivity contribution in [1.29, 1.82) is 0 Å². The quantitative estimate of drug-likeness (QED) is 0.450. The van der Waals surface area contributed by atoms with Crippen LogP contribution in [0.5, 0.6) is 0 Å². The van der Waals surface area contributed by atoms with Crippen molar-refractivity contribution in [2.24, 2.45) is 0 Å². The summed E-state index contributed by atoms with van der Waals surface area (Å²) < 4.78 is 3.18. The minimum absolute atomic E-state index is 0.321. The van der Waals surface area contributed by atoms with Crippen LogP contribution in [0.25, 0.3) is 0 Å². The lowest BCUT2D eigenvalue weighted by molar-refractivity contribution is 1.14. The Kier molecular flexibility index (Phi) is 4.84. The largest absolute Gasteiger partial charge is 0.112 e. The molecule has 1 atom stereocenters. The molecule has 6 heteroatoms. The first-order valence-corrected chi connectivity index (χ1v) is 8.12. The molecule has 0 fully saturated rings. The lowest BCUT2D eigenvalue weighted by Crippen LogP contribution is -1.93. The fraction of sp³-hybridized carbons (Fsp3) is 0.0909. The van der Waals surface area contributed by atoms with E-state index in [0.29, 0.717) is 8.67 Å². The molecule has 0 aliphatic heterocycles. The maximum atomic E-state index is 6.44. The smallest absolute Gasteiger partial charge is 0.0994 e. The number of benzene rings is 1. The Morgan fingerprint density at radius 3 is 2.35 bits per heavy atom. The normalized spacial score (nSPS) is 12.8. The minimum atomic E-state index is -0.321. The van der Waals surface area contributed by atoms with E-state index in [9.17, 15) is 0 Å². The highest BCUT2D eigenvalue weighted by molar-refractivity contribution is 9.11. The second-order valence-corrected chi connectivity index (χ2v) is 7.80. The van der Waals surface area contributed by atoms with Crippen LogP contribution in [0.15, 0.2) is 33.2 Å². The maximum absolute atomic E-state index is 6.44. The summed E-state index contributed by atoms with van der Waals surface area (Å²) in [5.41, 5.74) is 1.79. The van der Waals surface area contributed by atoms with Gasteiger partial charge in [-0.3, -0.25) is 0 Å². The molecule has 2 aromatic rings. The molecule has 90 valence electrons. The van der Waals surface area contributed by atoms with Crippen molar-refractivity contribution < 1.29 is 0 Å². The van der Waals surface area contributed by atoms with Crippen molar-refractivity contribution in [1.82, 2.24) is 0 Å². The molecule has 0 N–H and O–H groups in total. The monoisotopic (exact) mass is 432 g/mol. The van der Waals surface area contributed by atoms with Crippen LogP contribution in [0.2, 0.25) is 8.67 Å². The molecule has 1 aromatic carbocycles. The fourth-order valence-corrected chi connectivity index (χ4v) is 4.39. The van der Waals surface area contributed by atoms with E-state index in [1.165, 1.54) is 11.3 Å². The average molecular weight is 435 g/mol. The van der Waals surface area contributed by atoms with E-state index in [4.69, 9.17) is 34.8 Å². The Hall–Kier alpha value is 0.750. The first kappa shape index (κ1) is 14.2. The van der Waals surface area contributed by atoms with Gasteiger partial charge in [-0.15, -0.1) is 22.9 Å². The van der Waals surface area contributed by atoms with Crippen molar-refractivity contribution in [2.75, 3.05) is 0 Å². The van der Waals surface area contributed by atoms with Gasteiger partial charge in [-0.1, -0.05) is 55.1 Å². The van der Waals surface area contributed by atoms with Crippen molar-refractivity contribution in [3.05, 3.63) is 53.0 Å². The Labute approximate surface area is 135 Å². The Morgan fingerprint density at radius 1 is 1.06 bits per heavy atom. The van der Waals surface area contributed by atoms with E-state index in [2.05, 4.69) is 31.9 Å². The second-order valence-electron chi connectivity index (χ2n) is 3.31. The molecule has 1 aromatic heterocycles. The van der Waals surface area contributed by atoms with Crippen molar-refractivity contribution >= 4 is 78.0 Å². The summed E-state index contributed by atoms with van der Waals surface area (Å²) >= 11 is 26.7. The number of halogens is 5. The third kappa shape index (κ3) is 3.20. The highest BCUT2D eigenvalue weighted by Gasteiger charge is 2.19. The predicted octanol–water partition coefficient (Wildman–Crippen LogP) is 6.91. The van der Waals surface area contributed by atoms with E-state index in [0.717, 1.165) is 20.1 Å². The third-order valence-electron chi connectivity index (χ3n) is 2.19. The molecule has 0 nitrogen and oxygen atoms in total. The van der Waals surface area contributed by atoms with Gasteiger partial charge in [0, 0.05) is 14.5 Å². The Bertz CT molecular complexity index is 554.